The summed E-state index contributed by atoms with van der Waals surface area (Å²) < 4.78 is 37.2. The summed E-state index contributed by atoms with van der Waals surface area (Å²) in [5.41, 5.74) is 3.07. The number of rotatable bonds is 4. The van der Waals surface area contributed by atoms with Gasteiger partial charge in [0.05, 0.1) is 12.1 Å². The van der Waals surface area contributed by atoms with E-state index in [1.807, 2.05) is 31.2 Å². The summed E-state index contributed by atoms with van der Waals surface area (Å²) in [7, 11) is 0. The van der Waals surface area contributed by atoms with Gasteiger partial charge >= 0.3 is 6.18 Å². The maximum atomic E-state index is 12.4. The molecule has 0 radical (unpaired) electrons. The third-order valence-corrected chi connectivity index (χ3v) is 4.16. The Morgan fingerprint density at radius 3 is 2.87 bits per heavy atom. The first kappa shape index (κ1) is 16.2. The Morgan fingerprint density at radius 2 is 2.09 bits per heavy atom. The van der Waals surface area contributed by atoms with E-state index in [1.54, 1.807) is 0 Å². The van der Waals surface area contributed by atoms with Crippen molar-refractivity contribution in [3.8, 4) is 0 Å². The normalized spacial score (nSPS) is 19.6. The lowest BCUT2D eigenvalue weighted by atomic mass is 10.1. The first-order chi connectivity index (χ1) is 10.9. The van der Waals surface area contributed by atoms with Crippen molar-refractivity contribution in [2.24, 2.45) is 0 Å². The lowest BCUT2D eigenvalue weighted by Gasteiger charge is -2.18. The molecule has 1 atom stereocenters. The number of pyridine rings is 1. The van der Waals surface area contributed by atoms with Gasteiger partial charge in [0.15, 0.2) is 0 Å². The number of hydrogen-bond donors (Lipinski definition) is 1. The number of hydrogen-bond acceptors (Lipinski definition) is 3. The van der Waals surface area contributed by atoms with Crippen molar-refractivity contribution in [2.75, 3.05) is 19.6 Å². The minimum atomic E-state index is -4.11. The average Bonchev–Trinajstić information content (AvgIpc) is 2.90. The van der Waals surface area contributed by atoms with E-state index in [1.165, 1.54) is 4.90 Å². The zero-order chi connectivity index (χ0) is 16.4. The van der Waals surface area contributed by atoms with Gasteiger partial charge in [0, 0.05) is 36.8 Å². The summed E-state index contributed by atoms with van der Waals surface area (Å²) in [5.74, 6) is 0. The first-order valence-electron chi connectivity index (χ1n) is 7.78. The summed E-state index contributed by atoms with van der Waals surface area (Å²) in [6.45, 7) is 2.76. The Labute approximate surface area is 133 Å². The van der Waals surface area contributed by atoms with Crippen LogP contribution in [0.25, 0.3) is 10.9 Å². The summed E-state index contributed by atoms with van der Waals surface area (Å²) >= 11 is 0. The molecule has 2 aromatic rings. The lowest BCUT2D eigenvalue weighted by molar-refractivity contribution is -0.143. The molecule has 124 valence electrons. The van der Waals surface area contributed by atoms with Crippen molar-refractivity contribution in [2.45, 2.75) is 32.1 Å². The van der Waals surface area contributed by atoms with E-state index in [0.717, 1.165) is 28.6 Å². The predicted molar refractivity (Wildman–Crippen MR) is 84.2 cm³/mol. The lowest BCUT2D eigenvalue weighted by Crippen LogP contribution is -2.36. The second-order valence-electron chi connectivity index (χ2n) is 6.20. The molecule has 6 heteroatoms. The SMILES string of the molecule is Cc1ccc2cc(CN[C@@H]3CCN(CC(F)(F)F)C3)ccc2n1. The highest BCUT2D eigenvalue weighted by atomic mass is 19.4. The van der Waals surface area contributed by atoms with Gasteiger partial charge in [0.25, 0.3) is 0 Å². The van der Waals surface area contributed by atoms with Crippen molar-refractivity contribution in [3.63, 3.8) is 0 Å². The summed E-state index contributed by atoms with van der Waals surface area (Å²) in [6.07, 6.45) is -3.36. The fraction of sp³-hybridized carbons (Fsp3) is 0.471. The van der Waals surface area contributed by atoms with Crippen LogP contribution in [0.4, 0.5) is 13.2 Å². The molecule has 0 amide bonds. The fourth-order valence-electron chi connectivity index (χ4n) is 3.05. The highest BCUT2D eigenvalue weighted by Crippen LogP contribution is 2.20. The number of alkyl halides is 3. The Bertz CT molecular complexity index is 684. The Hall–Kier alpha value is -1.66. The van der Waals surface area contributed by atoms with Crippen molar-refractivity contribution >= 4 is 10.9 Å². The van der Waals surface area contributed by atoms with Crippen LogP contribution in [0, 0.1) is 6.92 Å². The number of likely N-dealkylation sites (tertiary alicyclic amines) is 1. The van der Waals surface area contributed by atoms with Crippen LogP contribution in [0.1, 0.15) is 17.7 Å². The highest BCUT2D eigenvalue weighted by Gasteiger charge is 2.34. The van der Waals surface area contributed by atoms with E-state index in [0.29, 0.717) is 19.6 Å². The van der Waals surface area contributed by atoms with Crippen LogP contribution in [0.2, 0.25) is 0 Å². The standard InChI is InChI=1S/C17H20F3N3/c1-12-2-4-14-8-13(3-5-16(14)22-12)9-21-15-6-7-23(10-15)11-17(18,19)20/h2-5,8,15,21H,6-7,9-11H2,1H3/t15-/m1/s1. The molecule has 1 aromatic heterocycles. The molecule has 0 spiro atoms. The van der Waals surface area contributed by atoms with Crippen molar-refractivity contribution in [1.29, 1.82) is 0 Å². The van der Waals surface area contributed by atoms with E-state index in [2.05, 4.69) is 16.4 Å². The molecule has 1 aromatic carbocycles. The molecule has 0 saturated carbocycles. The van der Waals surface area contributed by atoms with Crippen LogP contribution < -0.4 is 5.32 Å². The molecule has 0 aliphatic carbocycles. The van der Waals surface area contributed by atoms with Gasteiger partial charge in [-0.15, -0.1) is 0 Å². The second kappa shape index (κ2) is 6.45. The predicted octanol–water partition coefficient (Wildman–Crippen LogP) is 3.27. The summed E-state index contributed by atoms with van der Waals surface area (Å²) in [5, 5.41) is 4.44. The largest absolute Gasteiger partial charge is 0.401 e. The highest BCUT2D eigenvalue weighted by molar-refractivity contribution is 5.79. The van der Waals surface area contributed by atoms with Crippen LogP contribution >= 0.6 is 0 Å². The number of fused-ring (bicyclic) bond motifs is 1. The molecule has 0 bridgehead atoms. The van der Waals surface area contributed by atoms with E-state index < -0.39 is 12.7 Å². The van der Waals surface area contributed by atoms with Gasteiger partial charge in [-0.05, 0) is 37.1 Å². The fourth-order valence-corrected chi connectivity index (χ4v) is 3.05. The third kappa shape index (κ3) is 4.42. The van der Waals surface area contributed by atoms with Crippen molar-refractivity contribution in [3.05, 3.63) is 41.6 Å². The van der Waals surface area contributed by atoms with Gasteiger partial charge < -0.3 is 5.32 Å². The van der Waals surface area contributed by atoms with Crippen LogP contribution in [0.5, 0.6) is 0 Å². The molecule has 1 aliphatic rings. The average molecular weight is 323 g/mol. The molecule has 0 unspecified atom stereocenters. The molecule has 1 fully saturated rings. The van der Waals surface area contributed by atoms with Crippen LogP contribution in [0.3, 0.4) is 0 Å². The van der Waals surface area contributed by atoms with Crippen LogP contribution in [0.15, 0.2) is 30.3 Å². The minimum absolute atomic E-state index is 0.115. The Balaban J connectivity index is 1.56. The van der Waals surface area contributed by atoms with Crippen LogP contribution in [-0.2, 0) is 6.54 Å². The maximum Gasteiger partial charge on any atom is 0.401 e. The number of aryl methyl sites for hydroxylation is 1. The number of nitrogens with one attached hydrogen (secondary N) is 1. The van der Waals surface area contributed by atoms with Crippen LogP contribution in [-0.4, -0.2) is 41.7 Å². The molecule has 3 nitrogen and oxygen atoms in total. The van der Waals surface area contributed by atoms with Gasteiger partial charge in [-0.1, -0.05) is 12.1 Å². The van der Waals surface area contributed by atoms with Crippen molar-refractivity contribution in [1.82, 2.24) is 15.2 Å². The molecule has 1 saturated heterocycles. The summed E-state index contributed by atoms with van der Waals surface area (Å²) in [6, 6.07) is 10.2. The quantitative estimate of drug-likeness (QED) is 0.936. The van der Waals surface area contributed by atoms with Gasteiger partial charge in [-0.3, -0.25) is 9.88 Å². The van der Waals surface area contributed by atoms with Gasteiger partial charge in [-0.2, -0.15) is 13.2 Å². The van der Waals surface area contributed by atoms with E-state index >= 15 is 0 Å². The van der Waals surface area contributed by atoms with E-state index in [9.17, 15) is 13.2 Å². The van der Waals surface area contributed by atoms with E-state index in [4.69, 9.17) is 0 Å². The second-order valence-corrected chi connectivity index (χ2v) is 6.20. The summed E-state index contributed by atoms with van der Waals surface area (Å²) in [4.78, 5) is 5.93. The molecule has 1 aliphatic heterocycles. The molecule has 3 rings (SSSR count). The molecule has 2 heterocycles. The number of benzene rings is 1. The van der Waals surface area contributed by atoms with Crippen molar-refractivity contribution < 1.29 is 13.2 Å². The zero-order valence-corrected chi connectivity index (χ0v) is 13.0. The first-order valence-corrected chi connectivity index (χ1v) is 7.78. The van der Waals surface area contributed by atoms with Gasteiger partial charge in [0.2, 0.25) is 0 Å². The molecule has 1 N–H and O–H groups in total. The Morgan fingerprint density at radius 1 is 1.26 bits per heavy atom. The number of aromatic nitrogens is 1. The van der Waals surface area contributed by atoms with Gasteiger partial charge in [-0.25, -0.2) is 0 Å². The number of nitrogens with zero attached hydrogens (tertiary/aromatic N) is 2. The smallest absolute Gasteiger partial charge is 0.309 e. The minimum Gasteiger partial charge on any atom is -0.309 e. The molecular weight excluding hydrogens is 303 g/mol. The molecular formula is C17H20F3N3. The monoisotopic (exact) mass is 323 g/mol. The zero-order valence-electron chi connectivity index (χ0n) is 13.0. The number of halogens is 3. The maximum absolute atomic E-state index is 12.4. The Kier molecular flexibility index (Phi) is 4.55. The van der Waals surface area contributed by atoms with E-state index in [-0.39, 0.29) is 6.04 Å². The topological polar surface area (TPSA) is 28.2 Å². The third-order valence-electron chi connectivity index (χ3n) is 4.16. The van der Waals surface area contributed by atoms with Gasteiger partial charge in [0.1, 0.15) is 0 Å². The molecule has 23 heavy (non-hydrogen) atoms.